The SMILES string of the molecule is Cc1c(Cl)cccc1Cc1ccccc1C(=O)C(C)C. The van der Waals surface area contributed by atoms with Crippen LogP contribution in [0.3, 0.4) is 0 Å². The highest BCUT2D eigenvalue weighted by molar-refractivity contribution is 6.31. The van der Waals surface area contributed by atoms with Gasteiger partial charge in [0.15, 0.2) is 5.78 Å². The van der Waals surface area contributed by atoms with Crippen LogP contribution < -0.4 is 0 Å². The van der Waals surface area contributed by atoms with Crippen molar-refractivity contribution in [2.45, 2.75) is 27.2 Å². The third kappa shape index (κ3) is 3.10. The molecule has 0 aliphatic heterocycles. The van der Waals surface area contributed by atoms with Crippen molar-refractivity contribution in [3.05, 3.63) is 69.7 Å². The Morgan fingerprint density at radius 3 is 2.40 bits per heavy atom. The molecule has 1 nitrogen and oxygen atoms in total. The summed E-state index contributed by atoms with van der Waals surface area (Å²) in [5, 5.41) is 0.773. The number of halogens is 1. The second-order valence-electron chi connectivity index (χ2n) is 5.38. The number of ketones is 1. The van der Waals surface area contributed by atoms with Gasteiger partial charge in [0.1, 0.15) is 0 Å². The summed E-state index contributed by atoms with van der Waals surface area (Å²) in [6.45, 7) is 5.89. The second kappa shape index (κ2) is 6.23. The van der Waals surface area contributed by atoms with Gasteiger partial charge in [-0.05, 0) is 36.1 Å². The van der Waals surface area contributed by atoms with Crippen LogP contribution in [0.5, 0.6) is 0 Å². The van der Waals surface area contributed by atoms with E-state index >= 15 is 0 Å². The molecule has 2 aromatic carbocycles. The van der Waals surface area contributed by atoms with E-state index in [0.29, 0.717) is 0 Å². The molecule has 2 rings (SSSR count). The van der Waals surface area contributed by atoms with Crippen LogP contribution in [-0.4, -0.2) is 5.78 Å². The van der Waals surface area contributed by atoms with Crippen LogP contribution in [-0.2, 0) is 6.42 Å². The van der Waals surface area contributed by atoms with Gasteiger partial charge in [0.2, 0.25) is 0 Å². The van der Waals surface area contributed by atoms with E-state index in [2.05, 4.69) is 6.07 Å². The molecule has 0 heterocycles. The Morgan fingerprint density at radius 1 is 1.05 bits per heavy atom. The Bertz CT molecular complexity index is 629. The number of benzene rings is 2. The van der Waals surface area contributed by atoms with Gasteiger partial charge in [-0.15, -0.1) is 0 Å². The minimum absolute atomic E-state index is 0.0107. The molecular weight excluding hydrogens is 268 g/mol. The Kier molecular flexibility index (Phi) is 4.61. The molecule has 0 N–H and O–H groups in total. The molecule has 0 radical (unpaired) electrons. The fourth-order valence-electron chi connectivity index (χ4n) is 2.27. The summed E-state index contributed by atoms with van der Waals surface area (Å²) in [6.07, 6.45) is 0.737. The van der Waals surface area contributed by atoms with Crippen molar-refractivity contribution in [3.8, 4) is 0 Å². The smallest absolute Gasteiger partial charge is 0.165 e. The molecule has 2 heteroatoms. The summed E-state index contributed by atoms with van der Waals surface area (Å²) >= 11 is 6.17. The average Bonchev–Trinajstić information content (AvgIpc) is 2.43. The molecule has 0 fully saturated rings. The number of Topliss-reactive ketones (excluding diaryl/α,β-unsaturated/α-hetero) is 1. The zero-order valence-corrected chi connectivity index (χ0v) is 12.9. The number of carbonyl (C=O) groups excluding carboxylic acids is 1. The van der Waals surface area contributed by atoms with Crippen molar-refractivity contribution in [1.82, 2.24) is 0 Å². The topological polar surface area (TPSA) is 17.1 Å². The van der Waals surface area contributed by atoms with Gasteiger partial charge in [0, 0.05) is 16.5 Å². The molecule has 104 valence electrons. The maximum atomic E-state index is 12.3. The third-order valence-electron chi connectivity index (χ3n) is 3.57. The zero-order valence-electron chi connectivity index (χ0n) is 12.1. The standard InChI is InChI=1S/C18H19ClO/c1-12(2)18(20)16-9-5-4-7-15(16)11-14-8-6-10-17(19)13(14)3/h4-10,12H,11H2,1-3H3. The van der Waals surface area contributed by atoms with Gasteiger partial charge in [-0.2, -0.15) is 0 Å². The van der Waals surface area contributed by atoms with Crippen molar-refractivity contribution in [3.63, 3.8) is 0 Å². The second-order valence-corrected chi connectivity index (χ2v) is 5.78. The summed E-state index contributed by atoms with van der Waals surface area (Å²) in [7, 11) is 0. The molecule has 0 spiro atoms. The highest BCUT2D eigenvalue weighted by atomic mass is 35.5. The van der Waals surface area contributed by atoms with Crippen LogP contribution in [0.15, 0.2) is 42.5 Å². The van der Waals surface area contributed by atoms with Crippen LogP contribution in [0.25, 0.3) is 0 Å². The maximum Gasteiger partial charge on any atom is 0.165 e. The van der Waals surface area contributed by atoms with Crippen LogP contribution >= 0.6 is 11.6 Å². The molecule has 0 amide bonds. The Labute approximate surface area is 125 Å². The zero-order chi connectivity index (χ0) is 14.7. The first-order valence-electron chi connectivity index (χ1n) is 6.86. The predicted octanol–water partition coefficient (Wildman–Crippen LogP) is 5.08. The van der Waals surface area contributed by atoms with Gasteiger partial charge < -0.3 is 0 Å². The molecule has 0 saturated carbocycles. The molecule has 2 aromatic rings. The fourth-order valence-corrected chi connectivity index (χ4v) is 2.47. The van der Waals surface area contributed by atoms with E-state index < -0.39 is 0 Å². The lowest BCUT2D eigenvalue weighted by molar-refractivity contribution is 0.0938. The molecule has 0 saturated heterocycles. The minimum Gasteiger partial charge on any atom is -0.294 e. The van der Waals surface area contributed by atoms with E-state index in [1.165, 1.54) is 5.56 Å². The van der Waals surface area contributed by atoms with Crippen LogP contribution in [0, 0.1) is 12.8 Å². The minimum atomic E-state index is 0.0107. The number of carbonyl (C=O) groups is 1. The third-order valence-corrected chi connectivity index (χ3v) is 3.98. The Morgan fingerprint density at radius 2 is 1.70 bits per heavy atom. The lowest BCUT2D eigenvalue weighted by Crippen LogP contribution is -2.11. The highest BCUT2D eigenvalue weighted by Gasteiger charge is 2.15. The molecule has 0 aliphatic rings. The van der Waals surface area contributed by atoms with Crippen LogP contribution in [0.4, 0.5) is 0 Å². The first kappa shape index (κ1) is 14.8. The van der Waals surface area contributed by atoms with Gasteiger partial charge >= 0.3 is 0 Å². The van der Waals surface area contributed by atoms with E-state index in [-0.39, 0.29) is 11.7 Å². The van der Waals surface area contributed by atoms with Crippen molar-refractivity contribution < 1.29 is 4.79 Å². The Balaban J connectivity index is 2.39. The van der Waals surface area contributed by atoms with Gasteiger partial charge in [-0.25, -0.2) is 0 Å². The van der Waals surface area contributed by atoms with Crippen molar-refractivity contribution >= 4 is 17.4 Å². The highest BCUT2D eigenvalue weighted by Crippen LogP contribution is 2.23. The normalized spacial score (nSPS) is 10.8. The van der Waals surface area contributed by atoms with E-state index in [1.54, 1.807) is 0 Å². The Hall–Kier alpha value is -1.60. The van der Waals surface area contributed by atoms with E-state index in [0.717, 1.165) is 28.1 Å². The molecule has 0 aliphatic carbocycles. The largest absolute Gasteiger partial charge is 0.294 e. The van der Waals surface area contributed by atoms with Gasteiger partial charge in [-0.1, -0.05) is 61.8 Å². The fraction of sp³-hybridized carbons (Fsp3) is 0.278. The maximum absolute atomic E-state index is 12.3. The van der Waals surface area contributed by atoms with Gasteiger partial charge in [0.05, 0.1) is 0 Å². The summed E-state index contributed by atoms with van der Waals surface area (Å²) < 4.78 is 0. The predicted molar refractivity (Wildman–Crippen MR) is 84.6 cm³/mol. The van der Waals surface area contributed by atoms with Gasteiger partial charge in [-0.3, -0.25) is 4.79 Å². The first-order chi connectivity index (χ1) is 9.50. The number of hydrogen-bond acceptors (Lipinski definition) is 1. The van der Waals surface area contributed by atoms with Crippen LogP contribution in [0.2, 0.25) is 5.02 Å². The van der Waals surface area contributed by atoms with Crippen molar-refractivity contribution in [1.29, 1.82) is 0 Å². The molecule has 0 unspecified atom stereocenters. The quantitative estimate of drug-likeness (QED) is 0.717. The van der Waals surface area contributed by atoms with Crippen LogP contribution in [0.1, 0.15) is 40.9 Å². The average molecular weight is 287 g/mol. The lowest BCUT2D eigenvalue weighted by atomic mass is 9.92. The lowest BCUT2D eigenvalue weighted by Gasteiger charge is -2.12. The first-order valence-corrected chi connectivity index (χ1v) is 7.24. The van der Waals surface area contributed by atoms with E-state index in [9.17, 15) is 4.79 Å². The monoisotopic (exact) mass is 286 g/mol. The number of rotatable bonds is 4. The molecule has 0 aromatic heterocycles. The van der Waals surface area contributed by atoms with Gasteiger partial charge in [0.25, 0.3) is 0 Å². The summed E-state index contributed by atoms with van der Waals surface area (Å²) in [6, 6.07) is 13.8. The summed E-state index contributed by atoms with van der Waals surface area (Å²) in [5.74, 6) is 0.205. The molecule has 0 atom stereocenters. The number of hydrogen-bond donors (Lipinski definition) is 0. The van der Waals surface area contributed by atoms with Crippen molar-refractivity contribution in [2.24, 2.45) is 5.92 Å². The van der Waals surface area contributed by atoms with Crippen molar-refractivity contribution in [2.75, 3.05) is 0 Å². The summed E-state index contributed by atoms with van der Waals surface area (Å²) in [4.78, 5) is 12.3. The summed E-state index contributed by atoms with van der Waals surface area (Å²) in [5.41, 5.74) is 4.14. The molecule has 0 bridgehead atoms. The van der Waals surface area contributed by atoms with E-state index in [1.807, 2.05) is 57.2 Å². The van der Waals surface area contributed by atoms with E-state index in [4.69, 9.17) is 11.6 Å². The molecular formula is C18H19ClO. The molecule has 20 heavy (non-hydrogen) atoms.